The number of pyridine rings is 1. The zero-order valence-electron chi connectivity index (χ0n) is 9.05. The predicted octanol–water partition coefficient (Wildman–Crippen LogP) is 1.63. The molecule has 82 valence electrons. The van der Waals surface area contributed by atoms with E-state index in [0.29, 0.717) is 6.42 Å². The standard InChI is InChI=1S/C11H16N2O2/c1-9(11(14)15)5-7-13(2)10-4-3-6-12-8-10/h3-4,6,8-9H,5,7H2,1-2H3,(H,14,15). The SMILES string of the molecule is CC(CCN(C)c1cccnc1)C(=O)O. The molecule has 0 aliphatic heterocycles. The molecule has 0 aliphatic carbocycles. The Labute approximate surface area is 89.6 Å². The van der Waals surface area contributed by atoms with Crippen LogP contribution in [-0.4, -0.2) is 29.7 Å². The number of aliphatic carboxylic acids is 1. The highest BCUT2D eigenvalue weighted by Gasteiger charge is 2.11. The number of hydrogen-bond acceptors (Lipinski definition) is 3. The maximum atomic E-state index is 10.6. The Morgan fingerprint density at radius 1 is 1.67 bits per heavy atom. The van der Waals surface area contributed by atoms with Gasteiger partial charge in [0, 0.05) is 19.8 Å². The Morgan fingerprint density at radius 2 is 2.40 bits per heavy atom. The fourth-order valence-corrected chi connectivity index (χ4v) is 1.22. The van der Waals surface area contributed by atoms with Crippen LogP contribution in [0.2, 0.25) is 0 Å². The third-order valence-electron chi connectivity index (χ3n) is 2.41. The summed E-state index contributed by atoms with van der Waals surface area (Å²) in [7, 11) is 1.94. The fourth-order valence-electron chi connectivity index (χ4n) is 1.22. The Bertz CT molecular complexity index is 314. The summed E-state index contributed by atoms with van der Waals surface area (Å²) < 4.78 is 0. The van der Waals surface area contributed by atoms with E-state index in [9.17, 15) is 4.79 Å². The van der Waals surface area contributed by atoms with Gasteiger partial charge in [0.1, 0.15) is 0 Å². The molecule has 1 N–H and O–H groups in total. The molecule has 1 atom stereocenters. The molecule has 0 saturated carbocycles. The van der Waals surface area contributed by atoms with Crippen LogP contribution in [0.25, 0.3) is 0 Å². The second kappa shape index (κ2) is 5.34. The minimum absolute atomic E-state index is 0.302. The lowest BCUT2D eigenvalue weighted by Crippen LogP contribution is -2.22. The van der Waals surface area contributed by atoms with Crippen LogP contribution in [-0.2, 0) is 4.79 Å². The van der Waals surface area contributed by atoms with Crippen LogP contribution in [0.1, 0.15) is 13.3 Å². The molecule has 4 heteroatoms. The van der Waals surface area contributed by atoms with Gasteiger partial charge in [-0.3, -0.25) is 9.78 Å². The fraction of sp³-hybridized carbons (Fsp3) is 0.455. The van der Waals surface area contributed by atoms with Crippen LogP contribution in [0.3, 0.4) is 0 Å². The summed E-state index contributed by atoms with van der Waals surface area (Å²) in [5.74, 6) is -1.04. The third kappa shape index (κ3) is 3.58. The minimum atomic E-state index is -0.741. The highest BCUT2D eigenvalue weighted by atomic mass is 16.4. The van der Waals surface area contributed by atoms with Crippen LogP contribution < -0.4 is 4.90 Å². The number of hydrogen-bond donors (Lipinski definition) is 1. The summed E-state index contributed by atoms with van der Waals surface area (Å²) in [6, 6.07) is 3.82. The van der Waals surface area contributed by atoms with E-state index in [1.165, 1.54) is 0 Å². The van der Waals surface area contributed by atoms with Gasteiger partial charge in [0.05, 0.1) is 17.8 Å². The van der Waals surface area contributed by atoms with E-state index < -0.39 is 5.97 Å². The first kappa shape index (κ1) is 11.5. The van der Waals surface area contributed by atoms with E-state index in [4.69, 9.17) is 5.11 Å². The van der Waals surface area contributed by atoms with Crippen LogP contribution in [0, 0.1) is 5.92 Å². The van der Waals surface area contributed by atoms with E-state index in [2.05, 4.69) is 4.98 Å². The maximum Gasteiger partial charge on any atom is 0.306 e. The third-order valence-corrected chi connectivity index (χ3v) is 2.41. The average Bonchev–Trinajstić information content (AvgIpc) is 2.26. The summed E-state index contributed by atoms with van der Waals surface area (Å²) >= 11 is 0. The molecule has 0 fully saturated rings. The molecule has 1 aromatic heterocycles. The van der Waals surface area contributed by atoms with Crippen molar-refractivity contribution in [3.05, 3.63) is 24.5 Å². The zero-order valence-corrected chi connectivity index (χ0v) is 9.05. The Hall–Kier alpha value is -1.58. The van der Waals surface area contributed by atoms with E-state index >= 15 is 0 Å². The first-order valence-corrected chi connectivity index (χ1v) is 4.95. The normalized spacial score (nSPS) is 12.1. The lowest BCUT2D eigenvalue weighted by molar-refractivity contribution is -0.141. The van der Waals surface area contributed by atoms with Crippen LogP contribution in [0.5, 0.6) is 0 Å². The number of nitrogens with zero attached hydrogens (tertiary/aromatic N) is 2. The van der Waals surface area contributed by atoms with Crippen molar-refractivity contribution in [2.24, 2.45) is 5.92 Å². The Morgan fingerprint density at radius 3 is 2.93 bits per heavy atom. The van der Waals surface area contributed by atoms with Gasteiger partial charge in [-0.15, -0.1) is 0 Å². The molecule has 0 spiro atoms. The molecular weight excluding hydrogens is 192 g/mol. The lowest BCUT2D eigenvalue weighted by Gasteiger charge is -2.19. The van der Waals surface area contributed by atoms with Gasteiger partial charge < -0.3 is 10.0 Å². The van der Waals surface area contributed by atoms with Gasteiger partial charge in [-0.1, -0.05) is 6.92 Å². The highest BCUT2D eigenvalue weighted by molar-refractivity contribution is 5.69. The molecule has 1 rings (SSSR count). The van der Waals surface area contributed by atoms with Crippen molar-refractivity contribution in [2.45, 2.75) is 13.3 Å². The van der Waals surface area contributed by atoms with E-state index in [-0.39, 0.29) is 5.92 Å². The average molecular weight is 208 g/mol. The molecule has 0 radical (unpaired) electrons. The first-order valence-electron chi connectivity index (χ1n) is 4.95. The molecule has 0 saturated heterocycles. The largest absolute Gasteiger partial charge is 0.481 e. The number of aromatic nitrogens is 1. The topological polar surface area (TPSA) is 53.4 Å². The van der Waals surface area contributed by atoms with Gasteiger partial charge >= 0.3 is 5.97 Å². The van der Waals surface area contributed by atoms with Crippen LogP contribution in [0.4, 0.5) is 5.69 Å². The van der Waals surface area contributed by atoms with Crippen molar-refractivity contribution in [3.8, 4) is 0 Å². The summed E-state index contributed by atoms with van der Waals surface area (Å²) in [6.07, 6.45) is 4.13. The Balaban J connectivity index is 2.43. The smallest absolute Gasteiger partial charge is 0.306 e. The second-order valence-corrected chi connectivity index (χ2v) is 3.66. The van der Waals surface area contributed by atoms with Crippen molar-refractivity contribution in [3.63, 3.8) is 0 Å². The van der Waals surface area contributed by atoms with Gasteiger partial charge in [-0.25, -0.2) is 0 Å². The molecule has 0 amide bonds. The summed E-state index contributed by atoms with van der Waals surface area (Å²) in [6.45, 7) is 2.44. The summed E-state index contributed by atoms with van der Waals surface area (Å²) in [5.41, 5.74) is 1.01. The van der Waals surface area contributed by atoms with Crippen molar-refractivity contribution in [1.29, 1.82) is 0 Å². The molecule has 1 heterocycles. The van der Waals surface area contributed by atoms with Gasteiger partial charge in [0.25, 0.3) is 0 Å². The second-order valence-electron chi connectivity index (χ2n) is 3.66. The minimum Gasteiger partial charge on any atom is -0.481 e. The van der Waals surface area contributed by atoms with Gasteiger partial charge in [-0.05, 0) is 18.6 Å². The van der Waals surface area contributed by atoms with Crippen LogP contribution >= 0.6 is 0 Å². The van der Waals surface area contributed by atoms with Crippen molar-refractivity contribution < 1.29 is 9.90 Å². The van der Waals surface area contributed by atoms with E-state index in [1.54, 1.807) is 19.3 Å². The first-order chi connectivity index (χ1) is 7.11. The van der Waals surface area contributed by atoms with E-state index in [1.807, 2.05) is 24.1 Å². The zero-order chi connectivity index (χ0) is 11.3. The number of anilines is 1. The molecule has 15 heavy (non-hydrogen) atoms. The van der Waals surface area contributed by atoms with Gasteiger partial charge in [0.15, 0.2) is 0 Å². The van der Waals surface area contributed by atoms with Crippen molar-refractivity contribution >= 4 is 11.7 Å². The van der Waals surface area contributed by atoms with Gasteiger partial charge in [0.2, 0.25) is 0 Å². The Kier molecular flexibility index (Phi) is 4.09. The molecule has 4 nitrogen and oxygen atoms in total. The number of carboxylic acid groups (broad SMARTS) is 1. The molecule has 0 aromatic carbocycles. The molecule has 0 aliphatic rings. The lowest BCUT2D eigenvalue weighted by atomic mass is 10.1. The predicted molar refractivity (Wildman–Crippen MR) is 58.9 cm³/mol. The quantitative estimate of drug-likeness (QED) is 0.799. The highest BCUT2D eigenvalue weighted by Crippen LogP contribution is 2.11. The molecule has 1 unspecified atom stereocenters. The monoisotopic (exact) mass is 208 g/mol. The number of carboxylic acids is 1. The van der Waals surface area contributed by atoms with E-state index in [0.717, 1.165) is 12.2 Å². The van der Waals surface area contributed by atoms with Crippen LogP contribution in [0.15, 0.2) is 24.5 Å². The summed E-state index contributed by atoms with van der Waals surface area (Å²) in [5, 5.41) is 8.73. The molecule has 1 aromatic rings. The van der Waals surface area contributed by atoms with Crippen molar-refractivity contribution in [2.75, 3.05) is 18.5 Å². The molecule has 0 bridgehead atoms. The van der Waals surface area contributed by atoms with Gasteiger partial charge in [-0.2, -0.15) is 0 Å². The number of carbonyl (C=O) groups is 1. The number of rotatable bonds is 5. The molecular formula is C11H16N2O2. The summed E-state index contributed by atoms with van der Waals surface area (Å²) in [4.78, 5) is 16.6. The maximum absolute atomic E-state index is 10.6. The van der Waals surface area contributed by atoms with Crippen molar-refractivity contribution in [1.82, 2.24) is 4.98 Å².